The van der Waals surface area contributed by atoms with Crippen LogP contribution in [0.1, 0.15) is 39.5 Å². The number of ether oxygens (including phenoxy) is 1. The molecule has 6 nitrogen and oxygen atoms in total. The monoisotopic (exact) mass is 312 g/mol. The van der Waals surface area contributed by atoms with Gasteiger partial charge in [-0.05, 0) is 30.6 Å². The molecule has 2 fully saturated rings. The molecule has 2 amide bonds. The SMILES string of the molecule is COCCC(C)(C)CNC(=O)N1C[C@@H]2CCC[C@@]2(C(=O)O)C1. The standard InChI is InChI=1S/C16H28N2O4/c1-15(2,7-8-22-3)10-17-14(21)18-9-12-5-4-6-16(12,11-18)13(19)20/h12H,4-11H2,1-3H3,(H,17,21)(H,19,20)/t12-,16+/m0/s1. The maximum absolute atomic E-state index is 12.4. The second kappa shape index (κ2) is 6.44. The normalized spacial score (nSPS) is 27.8. The van der Waals surface area contributed by atoms with Gasteiger partial charge in [0.15, 0.2) is 0 Å². The molecule has 126 valence electrons. The number of nitrogens with zero attached hydrogens (tertiary/aromatic N) is 1. The van der Waals surface area contributed by atoms with Gasteiger partial charge in [-0.3, -0.25) is 4.79 Å². The lowest BCUT2D eigenvalue weighted by Crippen LogP contribution is -2.44. The summed E-state index contributed by atoms with van der Waals surface area (Å²) in [6.45, 7) is 6.31. The van der Waals surface area contributed by atoms with Crippen molar-refractivity contribution in [2.24, 2.45) is 16.7 Å². The van der Waals surface area contributed by atoms with Gasteiger partial charge in [-0.2, -0.15) is 0 Å². The lowest BCUT2D eigenvalue weighted by Gasteiger charge is -2.27. The zero-order valence-electron chi connectivity index (χ0n) is 13.9. The Morgan fingerprint density at radius 1 is 1.45 bits per heavy atom. The molecule has 6 heteroatoms. The van der Waals surface area contributed by atoms with E-state index in [9.17, 15) is 14.7 Å². The number of urea groups is 1. The van der Waals surface area contributed by atoms with Gasteiger partial charge in [-0.25, -0.2) is 4.79 Å². The summed E-state index contributed by atoms with van der Waals surface area (Å²) in [4.78, 5) is 25.7. The summed E-state index contributed by atoms with van der Waals surface area (Å²) in [7, 11) is 1.67. The highest BCUT2D eigenvalue weighted by Gasteiger charge is 2.55. The van der Waals surface area contributed by atoms with Crippen LogP contribution < -0.4 is 5.32 Å². The van der Waals surface area contributed by atoms with Crippen molar-refractivity contribution < 1.29 is 19.4 Å². The van der Waals surface area contributed by atoms with E-state index in [1.54, 1.807) is 12.0 Å². The fourth-order valence-electron chi connectivity index (χ4n) is 3.69. The number of carbonyl (C=O) groups excluding carboxylic acids is 1. The second-order valence-corrected chi connectivity index (χ2v) is 7.50. The molecule has 1 aliphatic carbocycles. The Labute approximate surface area is 132 Å². The van der Waals surface area contributed by atoms with E-state index in [-0.39, 0.29) is 17.4 Å². The number of methoxy groups -OCH3 is 1. The van der Waals surface area contributed by atoms with E-state index in [0.29, 0.717) is 32.7 Å². The predicted molar refractivity (Wildman–Crippen MR) is 82.7 cm³/mol. The van der Waals surface area contributed by atoms with Crippen LogP contribution >= 0.6 is 0 Å². The highest BCUT2D eigenvalue weighted by atomic mass is 16.5. The minimum atomic E-state index is -0.745. The molecule has 2 N–H and O–H groups in total. The molecule has 2 rings (SSSR count). The summed E-state index contributed by atoms with van der Waals surface area (Å²) in [5, 5.41) is 12.5. The van der Waals surface area contributed by atoms with Gasteiger partial charge in [0.25, 0.3) is 0 Å². The summed E-state index contributed by atoms with van der Waals surface area (Å²) in [5.74, 6) is -0.636. The van der Waals surface area contributed by atoms with Gasteiger partial charge in [0.2, 0.25) is 0 Å². The van der Waals surface area contributed by atoms with Gasteiger partial charge < -0.3 is 20.1 Å². The molecule has 1 saturated carbocycles. The molecule has 0 aromatic carbocycles. The second-order valence-electron chi connectivity index (χ2n) is 7.50. The van der Waals surface area contributed by atoms with Crippen LogP contribution in [0.25, 0.3) is 0 Å². The van der Waals surface area contributed by atoms with Crippen molar-refractivity contribution >= 4 is 12.0 Å². The maximum Gasteiger partial charge on any atom is 0.317 e. The van der Waals surface area contributed by atoms with Crippen molar-refractivity contribution in [3.05, 3.63) is 0 Å². The van der Waals surface area contributed by atoms with E-state index in [1.807, 2.05) is 0 Å². The summed E-state index contributed by atoms with van der Waals surface area (Å²) < 4.78 is 5.09. The third-order valence-electron chi connectivity index (χ3n) is 5.29. The fraction of sp³-hybridized carbons (Fsp3) is 0.875. The number of carboxylic acid groups (broad SMARTS) is 1. The Hall–Kier alpha value is -1.30. The molecule has 0 aromatic heterocycles. The molecule has 0 unspecified atom stereocenters. The third kappa shape index (κ3) is 3.37. The Morgan fingerprint density at radius 2 is 2.18 bits per heavy atom. The molecule has 2 atom stereocenters. The zero-order chi connectivity index (χ0) is 16.4. The van der Waals surface area contributed by atoms with E-state index in [0.717, 1.165) is 19.3 Å². The summed E-state index contributed by atoms with van der Waals surface area (Å²) in [6, 6.07) is -0.138. The van der Waals surface area contributed by atoms with Crippen LogP contribution in [0, 0.1) is 16.7 Å². The van der Waals surface area contributed by atoms with Gasteiger partial charge >= 0.3 is 12.0 Å². The van der Waals surface area contributed by atoms with Gasteiger partial charge in [0, 0.05) is 33.4 Å². The van der Waals surface area contributed by atoms with Crippen molar-refractivity contribution in [1.82, 2.24) is 10.2 Å². The average Bonchev–Trinajstić information content (AvgIpc) is 3.00. The lowest BCUT2D eigenvalue weighted by molar-refractivity contribution is -0.149. The summed E-state index contributed by atoms with van der Waals surface area (Å²) in [5.41, 5.74) is -0.741. The number of aliphatic carboxylic acids is 1. The van der Waals surface area contributed by atoms with Crippen LogP contribution in [0.15, 0.2) is 0 Å². The van der Waals surface area contributed by atoms with Crippen LogP contribution in [0.4, 0.5) is 4.79 Å². The number of likely N-dealkylation sites (tertiary alicyclic amines) is 1. The Kier molecular flexibility index (Phi) is 5.00. The summed E-state index contributed by atoms with van der Waals surface area (Å²) in [6.07, 6.45) is 3.42. The average molecular weight is 312 g/mol. The number of hydrogen-bond donors (Lipinski definition) is 2. The van der Waals surface area contributed by atoms with Crippen molar-refractivity contribution in [3.8, 4) is 0 Å². The van der Waals surface area contributed by atoms with E-state index in [2.05, 4.69) is 19.2 Å². The number of carboxylic acids is 1. The number of carbonyl (C=O) groups is 2. The van der Waals surface area contributed by atoms with Gasteiger partial charge in [0.1, 0.15) is 0 Å². The first-order valence-corrected chi connectivity index (χ1v) is 8.06. The highest BCUT2D eigenvalue weighted by molar-refractivity contribution is 5.80. The lowest BCUT2D eigenvalue weighted by atomic mass is 9.81. The Balaban J connectivity index is 1.88. The molecule has 1 saturated heterocycles. The first kappa shape index (κ1) is 17.1. The molecule has 0 bridgehead atoms. The quantitative estimate of drug-likeness (QED) is 0.785. The van der Waals surface area contributed by atoms with Crippen LogP contribution in [0.2, 0.25) is 0 Å². The van der Waals surface area contributed by atoms with Crippen molar-refractivity contribution in [2.45, 2.75) is 39.5 Å². The van der Waals surface area contributed by atoms with Crippen LogP contribution in [0.5, 0.6) is 0 Å². The molecule has 2 aliphatic rings. The molecule has 0 radical (unpaired) electrons. The number of nitrogens with one attached hydrogen (secondary N) is 1. The van der Waals surface area contributed by atoms with Crippen LogP contribution in [-0.2, 0) is 9.53 Å². The number of rotatable bonds is 6. The highest BCUT2D eigenvalue weighted by Crippen LogP contribution is 2.48. The number of hydrogen-bond acceptors (Lipinski definition) is 3. The molecule has 22 heavy (non-hydrogen) atoms. The molecule has 1 aliphatic heterocycles. The van der Waals surface area contributed by atoms with Crippen LogP contribution in [0.3, 0.4) is 0 Å². The molecule has 0 spiro atoms. The number of amides is 2. The topological polar surface area (TPSA) is 78.9 Å². The maximum atomic E-state index is 12.4. The van der Waals surface area contributed by atoms with Gasteiger partial charge in [-0.15, -0.1) is 0 Å². The van der Waals surface area contributed by atoms with Crippen molar-refractivity contribution in [1.29, 1.82) is 0 Å². The number of fused-ring (bicyclic) bond motifs is 1. The Bertz CT molecular complexity index is 438. The molecule has 1 heterocycles. The first-order chi connectivity index (χ1) is 10.3. The minimum absolute atomic E-state index is 0.0360. The van der Waals surface area contributed by atoms with Crippen molar-refractivity contribution in [3.63, 3.8) is 0 Å². The minimum Gasteiger partial charge on any atom is -0.481 e. The molecular formula is C16H28N2O4. The van der Waals surface area contributed by atoms with E-state index >= 15 is 0 Å². The van der Waals surface area contributed by atoms with E-state index < -0.39 is 11.4 Å². The first-order valence-electron chi connectivity index (χ1n) is 8.06. The molecular weight excluding hydrogens is 284 g/mol. The van der Waals surface area contributed by atoms with Gasteiger partial charge in [0.05, 0.1) is 5.41 Å². The smallest absolute Gasteiger partial charge is 0.317 e. The van der Waals surface area contributed by atoms with Crippen molar-refractivity contribution in [2.75, 3.05) is 33.4 Å². The van der Waals surface area contributed by atoms with Gasteiger partial charge in [-0.1, -0.05) is 20.3 Å². The van der Waals surface area contributed by atoms with E-state index in [1.165, 1.54) is 0 Å². The summed E-state index contributed by atoms with van der Waals surface area (Å²) >= 11 is 0. The fourth-order valence-corrected chi connectivity index (χ4v) is 3.69. The molecule has 0 aromatic rings. The van der Waals surface area contributed by atoms with Crippen LogP contribution in [-0.4, -0.2) is 55.4 Å². The predicted octanol–water partition coefficient (Wildman–Crippen LogP) is 1.95. The third-order valence-corrected chi connectivity index (χ3v) is 5.29. The zero-order valence-corrected chi connectivity index (χ0v) is 13.9. The Morgan fingerprint density at radius 3 is 2.77 bits per heavy atom. The largest absolute Gasteiger partial charge is 0.481 e. The van der Waals surface area contributed by atoms with E-state index in [4.69, 9.17) is 4.74 Å².